The lowest BCUT2D eigenvalue weighted by Crippen LogP contribution is -2.34. The molecule has 1 aromatic rings. The van der Waals surface area contributed by atoms with Crippen molar-refractivity contribution in [3.05, 3.63) is 22.8 Å². The molecule has 100 valence electrons. The summed E-state index contributed by atoms with van der Waals surface area (Å²) in [6, 6.07) is 1.76. The highest BCUT2D eigenvalue weighted by Crippen LogP contribution is 2.44. The average molecular weight is 267 g/mol. The van der Waals surface area contributed by atoms with Gasteiger partial charge in [0.25, 0.3) is 0 Å². The Morgan fingerprint density at radius 2 is 2.00 bits per heavy atom. The van der Waals surface area contributed by atoms with E-state index in [1.807, 2.05) is 13.8 Å². The van der Waals surface area contributed by atoms with Crippen molar-refractivity contribution in [1.82, 2.24) is 0 Å². The Morgan fingerprint density at radius 1 is 1.39 bits per heavy atom. The van der Waals surface area contributed by atoms with Crippen LogP contribution in [0.15, 0.2) is 11.0 Å². The van der Waals surface area contributed by atoms with E-state index in [1.54, 1.807) is 6.07 Å². The van der Waals surface area contributed by atoms with Gasteiger partial charge in [0.1, 0.15) is 11.4 Å². The van der Waals surface area contributed by atoms with Gasteiger partial charge in [-0.3, -0.25) is 4.21 Å². The minimum atomic E-state index is -2.19. The first-order valence-electron chi connectivity index (χ1n) is 6.15. The molecular weight excluding hydrogens is 248 g/mol. The number of rotatable bonds is 1. The van der Waals surface area contributed by atoms with Crippen molar-refractivity contribution >= 4 is 11.1 Å². The summed E-state index contributed by atoms with van der Waals surface area (Å²) in [5, 5.41) is 0. The maximum absolute atomic E-state index is 11.3. The summed E-state index contributed by atoms with van der Waals surface area (Å²) in [6.07, 6.45) is 0.896. The zero-order valence-electron chi connectivity index (χ0n) is 11.5. The van der Waals surface area contributed by atoms with Crippen LogP contribution in [-0.4, -0.2) is 14.4 Å². The van der Waals surface area contributed by atoms with Crippen LogP contribution in [0.1, 0.15) is 49.8 Å². The van der Waals surface area contributed by atoms with Gasteiger partial charge in [-0.1, -0.05) is 6.92 Å². The van der Waals surface area contributed by atoms with Gasteiger partial charge in [0.15, 0.2) is 0 Å². The Bertz CT molecular complexity index is 520. The summed E-state index contributed by atoms with van der Waals surface area (Å²) in [6.45, 7) is 10.0. The van der Waals surface area contributed by atoms with Crippen LogP contribution in [0.25, 0.3) is 0 Å². The molecule has 0 saturated carbocycles. The lowest BCUT2D eigenvalue weighted by atomic mass is 9.84. The molecule has 0 fully saturated rings. The first-order valence-corrected chi connectivity index (χ1v) is 7.23. The molecule has 3 nitrogen and oxygen atoms in total. The molecule has 0 bridgehead atoms. The van der Waals surface area contributed by atoms with Crippen LogP contribution in [0, 0.1) is 13.8 Å². The fraction of sp³-hybridized carbons (Fsp3) is 0.571. The summed E-state index contributed by atoms with van der Waals surface area (Å²) in [5.74, 6) is 1.18. The third-order valence-electron chi connectivity index (χ3n) is 3.71. The molecule has 0 aliphatic carbocycles. The molecule has 2 rings (SSSR count). The van der Waals surface area contributed by atoms with Gasteiger partial charge in [-0.25, -0.2) is 0 Å². The highest BCUT2D eigenvalue weighted by molar-refractivity contribution is 7.79. The second-order valence-corrected chi connectivity index (χ2v) is 6.65. The van der Waals surface area contributed by atoms with Crippen LogP contribution in [0.3, 0.4) is 0 Å². The predicted molar refractivity (Wildman–Crippen MR) is 70.8 cm³/mol. The molecule has 0 spiro atoms. The van der Waals surface area contributed by atoms with Crippen molar-refractivity contribution in [2.45, 2.75) is 57.5 Å². The fourth-order valence-electron chi connectivity index (χ4n) is 2.73. The third kappa shape index (κ3) is 2.19. The van der Waals surface area contributed by atoms with E-state index in [4.69, 9.17) is 4.74 Å². The molecule has 0 saturated heterocycles. The van der Waals surface area contributed by atoms with Gasteiger partial charge in [-0.15, -0.1) is 0 Å². The van der Waals surface area contributed by atoms with Crippen molar-refractivity contribution in [2.24, 2.45) is 0 Å². The van der Waals surface area contributed by atoms with E-state index in [1.165, 1.54) is 0 Å². The lowest BCUT2D eigenvalue weighted by Gasteiger charge is -2.38. The minimum Gasteiger partial charge on any atom is -0.768 e. The van der Waals surface area contributed by atoms with Crippen molar-refractivity contribution in [3.8, 4) is 5.75 Å². The lowest BCUT2D eigenvalue weighted by molar-refractivity contribution is 0.0734. The molecule has 1 aromatic carbocycles. The molecule has 18 heavy (non-hydrogen) atoms. The van der Waals surface area contributed by atoms with E-state index >= 15 is 0 Å². The Morgan fingerprint density at radius 3 is 2.56 bits per heavy atom. The number of hydrogen-bond acceptors (Lipinski definition) is 3. The SMILES string of the molecule is Cc1c(S(=O)[O-])cc2c(c1C)OC(C)(C)CC2C. The average Bonchev–Trinajstić information content (AvgIpc) is 2.22. The van der Waals surface area contributed by atoms with Crippen LogP contribution in [0.2, 0.25) is 0 Å². The van der Waals surface area contributed by atoms with Gasteiger partial charge in [0.2, 0.25) is 0 Å². The van der Waals surface area contributed by atoms with Crippen LogP contribution in [-0.2, 0) is 11.1 Å². The summed E-state index contributed by atoms with van der Waals surface area (Å²) < 4.78 is 28.5. The largest absolute Gasteiger partial charge is 0.768 e. The zero-order chi connectivity index (χ0) is 13.7. The molecule has 4 heteroatoms. The highest BCUT2D eigenvalue weighted by atomic mass is 32.2. The molecular formula is C14H19O3S-. The van der Waals surface area contributed by atoms with Gasteiger partial charge in [-0.05, 0) is 73.9 Å². The van der Waals surface area contributed by atoms with Gasteiger partial charge in [0.05, 0.1) is 0 Å². The Labute approximate surface area is 111 Å². The zero-order valence-corrected chi connectivity index (χ0v) is 12.3. The van der Waals surface area contributed by atoms with Gasteiger partial charge in [0, 0.05) is 4.90 Å². The maximum atomic E-state index is 11.3. The molecule has 0 aromatic heterocycles. The summed E-state index contributed by atoms with van der Waals surface area (Å²) >= 11 is -2.19. The molecule has 0 N–H and O–H groups in total. The predicted octanol–water partition coefficient (Wildman–Crippen LogP) is 3.21. The van der Waals surface area contributed by atoms with E-state index in [-0.39, 0.29) is 5.60 Å². The molecule has 2 unspecified atom stereocenters. The normalized spacial score (nSPS) is 23.1. The number of hydrogen-bond donors (Lipinski definition) is 0. The molecule has 1 aliphatic heterocycles. The standard InChI is InChI=1S/C14H20O3S/c1-8-7-14(4,5)17-13-10(3)9(2)12(18(15)16)6-11(8)13/h6,8H,7H2,1-5H3,(H,15,16)/p-1. The topological polar surface area (TPSA) is 49.4 Å². The molecule has 2 atom stereocenters. The van der Waals surface area contributed by atoms with Gasteiger partial charge in [-0.2, -0.15) is 0 Å². The number of benzene rings is 1. The minimum absolute atomic E-state index is 0.193. The second kappa shape index (κ2) is 4.35. The fourth-order valence-corrected chi connectivity index (χ4v) is 3.35. The van der Waals surface area contributed by atoms with Crippen molar-refractivity contribution in [3.63, 3.8) is 0 Å². The van der Waals surface area contributed by atoms with Gasteiger partial charge >= 0.3 is 0 Å². The monoisotopic (exact) mass is 267 g/mol. The Kier molecular flexibility index (Phi) is 3.28. The Balaban J connectivity index is 2.66. The van der Waals surface area contributed by atoms with Gasteiger partial charge < -0.3 is 9.29 Å². The molecule has 0 amide bonds. The van der Waals surface area contributed by atoms with E-state index in [0.29, 0.717) is 10.8 Å². The number of ether oxygens (including phenoxy) is 1. The van der Waals surface area contributed by atoms with E-state index in [9.17, 15) is 8.76 Å². The van der Waals surface area contributed by atoms with Crippen LogP contribution in [0.5, 0.6) is 5.75 Å². The summed E-state index contributed by atoms with van der Waals surface area (Å²) in [7, 11) is 0. The highest BCUT2D eigenvalue weighted by Gasteiger charge is 2.33. The first kappa shape index (κ1) is 13.6. The molecule has 0 radical (unpaired) electrons. The van der Waals surface area contributed by atoms with Crippen molar-refractivity contribution < 1.29 is 13.5 Å². The van der Waals surface area contributed by atoms with Crippen molar-refractivity contribution in [2.75, 3.05) is 0 Å². The van der Waals surface area contributed by atoms with Crippen LogP contribution < -0.4 is 4.74 Å². The third-order valence-corrected chi connectivity index (χ3v) is 4.49. The van der Waals surface area contributed by atoms with Crippen LogP contribution in [0.4, 0.5) is 0 Å². The van der Waals surface area contributed by atoms with E-state index < -0.39 is 11.1 Å². The molecule has 1 aliphatic rings. The maximum Gasteiger partial charge on any atom is 0.126 e. The van der Waals surface area contributed by atoms with E-state index in [0.717, 1.165) is 28.9 Å². The van der Waals surface area contributed by atoms with Crippen molar-refractivity contribution in [1.29, 1.82) is 0 Å². The number of fused-ring (bicyclic) bond motifs is 1. The quantitative estimate of drug-likeness (QED) is 0.734. The van der Waals surface area contributed by atoms with E-state index in [2.05, 4.69) is 20.8 Å². The smallest absolute Gasteiger partial charge is 0.126 e. The molecule has 1 heterocycles. The van der Waals surface area contributed by atoms with Crippen LogP contribution >= 0.6 is 0 Å². The summed E-state index contributed by atoms with van der Waals surface area (Å²) in [5.41, 5.74) is 2.54. The summed E-state index contributed by atoms with van der Waals surface area (Å²) in [4.78, 5) is 0.390. The first-order chi connectivity index (χ1) is 8.23. The Hall–Kier alpha value is -0.870. The second-order valence-electron chi connectivity index (χ2n) is 5.74.